The van der Waals surface area contributed by atoms with E-state index in [4.69, 9.17) is 4.74 Å². The summed E-state index contributed by atoms with van der Waals surface area (Å²) in [4.78, 5) is 4.64. The van der Waals surface area contributed by atoms with E-state index < -0.39 is 10.0 Å². The summed E-state index contributed by atoms with van der Waals surface area (Å²) in [6.07, 6.45) is 2.40. The normalized spacial score (nSPS) is 18.3. The molecule has 2 saturated heterocycles. The van der Waals surface area contributed by atoms with Crippen molar-refractivity contribution in [1.29, 1.82) is 0 Å². The molecule has 2 aliphatic rings. The van der Waals surface area contributed by atoms with Gasteiger partial charge in [-0.3, -0.25) is 0 Å². The fourth-order valence-corrected chi connectivity index (χ4v) is 5.43. The molecule has 156 valence electrons. The standard InChI is InChI=1S/C20H27N5O3S/c1-16-15-17(5-6-18(16)28-2)29(26,27)25-13-11-24(12-14-25)20-8-7-19(21-22-20)23-9-3-4-10-23/h5-8,15H,3-4,9-14H2,1-2H3. The minimum absolute atomic E-state index is 0.305. The lowest BCUT2D eigenvalue weighted by Gasteiger charge is -2.34. The predicted molar refractivity (Wildman–Crippen MR) is 112 cm³/mol. The Morgan fingerprint density at radius 3 is 1.97 bits per heavy atom. The lowest BCUT2D eigenvalue weighted by atomic mass is 10.2. The molecule has 0 aliphatic carbocycles. The Bertz CT molecular complexity index is 951. The van der Waals surface area contributed by atoms with E-state index in [0.29, 0.717) is 36.8 Å². The number of ether oxygens (including phenoxy) is 1. The van der Waals surface area contributed by atoms with Crippen molar-refractivity contribution in [2.24, 2.45) is 0 Å². The first-order chi connectivity index (χ1) is 14.0. The van der Waals surface area contributed by atoms with Crippen LogP contribution in [0.1, 0.15) is 18.4 Å². The molecule has 0 unspecified atom stereocenters. The first-order valence-corrected chi connectivity index (χ1v) is 11.4. The van der Waals surface area contributed by atoms with Crippen LogP contribution in [-0.2, 0) is 10.0 Å². The summed E-state index contributed by atoms with van der Waals surface area (Å²) in [5.41, 5.74) is 0.806. The SMILES string of the molecule is COc1ccc(S(=O)(=O)N2CCN(c3ccc(N4CCCC4)nn3)CC2)cc1C. The highest BCUT2D eigenvalue weighted by molar-refractivity contribution is 7.89. The monoisotopic (exact) mass is 417 g/mol. The number of hydrogen-bond acceptors (Lipinski definition) is 7. The van der Waals surface area contributed by atoms with Crippen LogP contribution in [0.5, 0.6) is 5.75 Å². The quantitative estimate of drug-likeness (QED) is 0.735. The van der Waals surface area contributed by atoms with Crippen LogP contribution in [0.25, 0.3) is 0 Å². The maximum Gasteiger partial charge on any atom is 0.243 e. The Morgan fingerprint density at radius 2 is 1.45 bits per heavy atom. The summed E-state index contributed by atoms with van der Waals surface area (Å²) < 4.78 is 32.8. The Kier molecular flexibility index (Phi) is 5.60. The molecule has 0 amide bonds. The van der Waals surface area contributed by atoms with Gasteiger partial charge in [0, 0.05) is 39.3 Å². The van der Waals surface area contributed by atoms with Crippen LogP contribution in [0.3, 0.4) is 0 Å². The van der Waals surface area contributed by atoms with Gasteiger partial charge in [0.15, 0.2) is 11.6 Å². The average molecular weight is 418 g/mol. The molecule has 0 N–H and O–H groups in total. The van der Waals surface area contributed by atoms with Crippen molar-refractivity contribution in [3.05, 3.63) is 35.9 Å². The van der Waals surface area contributed by atoms with E-state index in [2.05, 4.69) is 20.0 Å². The van der Waals surface area contributed by atoms with Crippen LogP contribution in [0, 0.1) is 6.92 Å². The summed E-state index contributed by atoms with van der Waals surface area (Å²) in [6, 6.07) is 8.98. The average Bonchev–Trinajstić information content (AvgIpc) is 3.29. The van der Waals surface area contributed by atoms with Crippen molar-refractivity contribution < 1.29 is 13.2 Å². The first-order valence-electron chi connectivity index (χ1n) is 9.97. The lowest BCUT2D eigenvalue weighted by Crippen LogP contribution is -2.49. The maximum atomic E-state index is 13.0. The maximum absolute atomic E-state index is 13.0. The second kappa shape index (κ2) is 8.16. The third-order valence-electron chi connectivity index (χ3n) is 5.63. The number of rotatable bonds is 5. The van der Waals surface area contributed by atoms with E-state index >= 15 is 0 Å². The van der Waals surface area contributed by atoms with E-state index in [9.17, 15) is 8.42 Å². The largest absolute Gasteiger partial charge is 0.496 e. The molecule has 0 atom stereocenters. The zero-order valence-electron chi connectivity index (χ0n) is 16.9. The smallest absolute Gasteiger partial charge is 0.243 e. The van der Waals surface area contributed by atoms with Crippen molar-refractivity contribution in [1.82, 2.24) is 14.5 Å². The molecule has 9 heteroatoms. The van der Waals surface area contributed by atoms with Gasteiger partial charge in [-0.25, -0.2) is 8.42 Å². The number of aromatic nitrogens is 2. The minimum Gasteiger partial charge on any atom is -0.496 e. The second-order valence-corrected chi connectivity index (χ2v) is 9.40. The summed E-state index contributed by atoms with van der Waals surface area (Å²) >= 11 is 0. The molecular weight excluding hydrogens is 390 g/mol. The first kappa shape index (κ1) is 19.9. The third kappa shape index (κ3) is 4.02. The van der Waals surface area contributed by atoms with Gasteiger partial charge in [0.05, 0.1) is 12.0 Å². The second-order valence-electron chi connectivity index (χ2n) is 7.47. The number of hydrogen-bond donors (Lipinski definition) is 0. The van der Waals surface area contributed by atoms with Gasteiger partial charge in [0.25, 0.3) is 0 Å². The topological polar surface area (TPSA) is 78.9 Å². The third-order valence-corrected chi connectivity index (χ3v) is 7.53. The van der Waals surface area contributed by atoms with Gasteiger partial charge in [-0.2, -0.15) is 4.31 Å². The molecule has 2 fully saturated rings. The van der Waals surface area contributed by atoms with Crippen molar-refractivity contribution in [3.8, 4) is 5.75 Å². The minimum atomic E-state index is -3.52. The number of piperazine rings is 1. The van der Waals surface area contributed by atoms with Crippen LogP contribution in [0.4, 0.5) is 11.6 Å². The molecule has 1 aromatic carbocycles. The zero-order valence-corrected chi connectivity index (χ0v) is 17.7. The fourth-order valence-electron chi connectivity index (χ4n) is 3.92. The van der Waals surface area contributed by atoms with Crippen molar-refractivity contribution in [3.63, 3.8) is 0 Å². The van der Waals surface area contributed by atoms with Crippen LogP contribution >= 0.6 is 0 Å². The van der Waals surface area contributed by atoms with E-state index in [1.807, 2.05) is 19.1 Å². The number of anilines is 2. The molecule has 0 spiro atoms. The summed E-state index contributed by atoms with van der Waals surface area (Å²) in [6.45, 7) is 5.94. The van der Waals surface area contributed by atoms with Gasteiger partial charge in [-0.05, 0) is 55.7 Å². The molecule has 0 radical (unpaired) electrons. The van der Waals surface area contributed by atoms with E-state index in [1.165, 1.54) is 17.1 Å². The molecule has 0 saturated carbocycles. The van der Waals surface area contributed by atoms with Crippen LogP contribution in [0.15, 0.2) is 35.2 Å². The van der Waals surface area contributed by atoms with Gasteiger partial charge >= 0.3 is 0 Å². The Hall–Kier alpha value is -2.39. The fraction of sp³-hybridized carbons (Fsp3) is 0.500. The summed E-state index contributed by atoms with van der Waals surface area (Å²) in [5.74, 6) is 2.40. The number of aryl methyl sites for hydroxylation is 1. The molecule has 3 heterocycles. The molecule has 2 aliphatic heterocycles. The molecule has 1 aromatic heterocycles. The van der Waals surface area contributed by atoms with Crippen LogP contribution < -0.4 is 14.5 Å². The molecule has 0 bridgehead atoms. The molecule has 8 nitrogen and oxygen atoms in total. The summed E-state index contributed by atoms with van der Waals surface area (Å²) in [5, 5.41) is 8.74. The predicted octanol–water partition coefficient (Wildman–Crippen LogP) is 1.90. The van der Waals surface area contributed by atoms with Crippen molar-refractivity contribution in [2.45, 2.75) is 24.7 Å². The van der Waals surface area contributed by atoms with Crippen LogP contribution in [-0.4, -0.2) is 69.3 Å². The number of methoxy groups -OCH3 is 1. The number of nitrogens with zero attached hydrogens (tertiary/aromatic N) is 5. The van der Waals surface area contributed by atoms with E-state index in [-0.39, 0.29) is 0 Å². The lowest BCUT2D eigenvalue weighted by molar-refractivity contribution is 0.383. The van der Waals surface area contributed by atoms with Gasteiger partial charge in [-0.1, -0.05) is 0 Å². The Labute approximate surface area is 172 Å². The zero-order chi connectivity index (χ0) is 20.4. The van der Waals surface area contributed by atoms with Gasteiger partial charge in [0.2, 0.25) is 10.0 Å². The molecule has 29 heavy (non-hydrogen) atoms. The van der Waals surface area contributed by atoms with Crippen molar-refractivity contribution in [2.75, 3.05) is 56.2 Å². The molecular formula is C20H27N5O3S. The van der Waals surface area contributed by atoms with E-state index in [0.717, 1.165) is 30.3 Å². The summed E-state index contributed by atoms with van der Waals surface area (Å²) in [7, 11) is -1.94. The van der Waals surface area contributed by atoms with Crippen LogP contribution in [0.2, 0.25) is 0 Å². The highest BCUT2D eigenvalue weighted by atomic mass is 32.2. The molecule has 4 rings (SSSR count). The number of sulfonamides is 1. The van der Waals surface area contributed by atoms with E-state index in [1.54, 1.807) is 25.3 Å². The molecule has 2 aromatic rings. The Morgan fingerprint density at radius 1 is 0.862 bits per heavy atom. The highest BCUT2D eigenvalue weighted by Gasteiger charge is 2.29. The van der Waals surface area contributed by atoms with Gasteiger partial charge < -0.3 is 14.5 Å². The van der Waals surface area contributed by atoms with Gasteiger partial charge in [-0.15, -0.1) is 10.2 Å². The van der Waals surface area contributed by atoms with Crippen molar-refractivity contribution >= 4 is 21.7 Å². The number of benzene rings is 1. The highest BCUT2D eigenvalue weighted by Crippen LogP contribution is 2.25. The Balaban J connectivity index is 1.41. The van der Waals surface area contributed by atoms with Gasteiger partial charge in [0.1, 0.15) is 5.75 Å².